The van der Waals surface area contributed by atoms with Gasteiger partial charge in [0.2, 0.25) is 5.82 Å². The van der Waals surface area contributed by atoms with Gasteiger partial charge in [-0.1, -0.05) is 42.5 Å². The van der Waals surface area contributed by atoms with Crippen molar-refractivity contribution in [3.05, 3.63) is 60.2 Å². The molecular formula is C14H11N5S. The highest BCUT2D eigenvalue weighted by Crippen LogP contribution is 2.14. The normalized spacial score (nSPS) is 10.4. The molecule has 0 aliphatic carbocycles. The zero-order valence-corrected chi connectivity index (χ0v) is 11.3. The minimum absolute atomic E-state index is 0.369. The number of benzene rings is 2. The Kier molecular flexibility index (Phi) is 3.22. The first-order valence-corrected chi connectivity index (χ1v) is 6.40. The molecule has 2 N–H and O–H groups in total. The maximum atomic E-state index is 5.56. The van der Waals surface area contributed by atoms with Crippen molar-refractivity contribution in [2.45, 2.75) is 0 Å². The molecule has 6 heteroatoms. The summed E-state index contributed by atoms with van der Waals surface area (Å²) in [4.78, 5) is 1.85. The monoisotopic (exact) mass is 281 g/mol. The van der Waals surface area contributed by atoms with Crippen molar-refractivity contribution < 1.29 is 0 Å². The molecule has 0 atom stereocenters. The molecule has 98 valence electrons. The van der Waals surface area contributed by atoms with Crippen LogP contribution in [0.1, 0.15) is 5.56 Å². The van der Waals surface area contributed by atoms with Crippen LogP contribution in [0.5, 0.6) is 0 Å². The van der Waals surface area contributed by atoms with E-state index in [1.54, 1.807) is 0 Å². The second kappa shape index (κ2) is 5.18. The van der Waals surface area contributed by atoms with E-state index in [4.69, 9.17) is 18.0 Å². The Morgan fingerprint density at radius 1 is 1.00 bits per heavy atom. The summed E-state index contributed by atoms with van der Waals surface area (Å²) in [6, 6.07) is 17.1. The van der Waals surface area contributed by atoms with E-state index in [0.717, 1.165) is 16.8 Å². The largest absolute Gasteiger partial charge is 0.389 e. The van der Waals surface area contributed by atoms with Crippen LogP contribution in [-0.4, -0.2) is 25.2 Å². The van der Waals surface area contributed by atoms with Gasteiger partial charge in [-0.25, -0.2) is 0 Å². The van der Waals surface area contributed by atoms with Crippen molar-refractivity contribution in [1.82, 2.24) is 20.2 Å². The maximum Gasteiger partial charge on any atom is 0.205 e. The fourth-order valence-electron chi connectivity index (χ4n) is 1.79. The Morgan fingerprint density at radius 3 is 2.35 bits per heavy atom. The highest BCUT2D eigenvalue weighted by Gasteiger charge is 2.07. The standard InChI is InChI=1S/C14H11N5S/c15-13(20)10-6-8-12(9-7-10)19-17-14(16-18-19)11-4-2-1-3-5-11/h1-9H,(H2,15,20). The lowest BCUT2D eigenvalue weighted by molar-refractivity contribution is 0.720. The van der Waals surface area contributed by atoms with Crippen LogP contribution in [0, 0.1) is 0 Å². The summed E-state index contributed by atoms with van der Waals surface area (Å²) < 4.78 is 0. The van der Waals surface area contributed by atoms with Gasteiger partial charge in [-0.2, -0.15) is 0 Å². The molecule has 0 unspecified atom stereocenters. The highest BCUT2D eigenvalue weighted by atomic mass is 32.1. The van der Waals surface area contributed by atoms with Crippen molar-refractivity contribution >= 4 is 17.2 Å². The van der Waals surface area contributed by atoms with Gasteiger partial charge < -0.3 is 5.73 Å². The van der Waals surface area contributed by atoms with Crippen LogP contribution >= 0.6 is 12.2 Å². The number of aromatic nitrogens is 4. The molecule has 2 aromatic carbocycles. The molecule has 0 fully saturated rings. The predicted molar refractivity (Wildman–Crippen MR) is 80.5 cm³/mol. The first kappa shape index (κ1) is 12.4. The average Bonchev–Trinajstić information content (AvgIpc) is 2.98. The number of tetrazole rings is 1. The lowest BCUT2D eigenvalue weighted by Crippen LogP contribution is -2.09. The van der Waals surface area contributed by atoms with Crippen LogP contribution in [0.3, 0.4) is 0 Å². The molecule has 3 rings (SSSR count). The number of rotatable bonds is 3. The fourth-order valence-corrected chi connectivity index (χ4v) is 1.92. The zero-order valence-electron chi connectivity index (χ0n) is 10.5. The summed E-state index contributed by atoms with van der Waals surface area (Å²) >= 11 is 4.92. The topological polar surface area (TPSA) is 69.6 Å². The lowest BCUT2D eigenvalue weighted by atomic mass is 10.2. The summed E-state index contributed by atoms with van der Waals surface area (Å²) in [6.07, 6.45) is 0. The average molecular weight is 281 g/mol. The van der Waals surface area contributed by atoms with Crippen molar-refractivity contribution in [2.24, 2.45) is 5.73 Å². The van der Waals surface area contributed by atoms with Crippen LogP contribution in [0.4, 0.5) is 0 Å². The Balaban J connectivity index is 1.92. The predicted octanol–water partition coefficient (Wildman–Crippen LogP) is 1.96. The number of hydrogen-bond donors (Lipinski definition) is 1. The summed E-state index contributed by atoms with van der Waals surface area (Å²) in [5.74, 6) is 0.587. The summed E-state index contributed by atoms with van der Waals surface area (Å²) in [5.41, 5.74) is 8.11. The SMILES string of the molecule is NC(=S)c1ccc(-n2nnc(-c3ccccc3)n2)cc1. The third-order valence-corrected chi connectivity index (χ3v) is 3.06. The Labute approximate surface area is 121 Å². The Morgan fingerprint density at radius 2 is 1.70 bits per heavy atom. The number of nitrogens with zero attached hydrogens (tertiary/aromatic N) is 4. The van der Waals surface area contributed by atoms with Crippen LogP contribution < -0.4 is 5.73 Å². The smallest absolute Gasteiger partial charge is 0.205 e. The van der Waals surface area contributed by atoms with Crippen LogP contribution in [0.25, 0.3) is 17.1 Å². The van der Waals surface area contributed by atoms with Gasteiger partial charge in [0.15, 0.2) is 0 Å². The molecule has 0 aliphatic rings. The summed E-state index contributed by atoms with van der Waals surface area (Å²) in [7, 11) is 0. The molecule has 5 nitrogen and oxygen atoms in total. The van der Waals surface area contributed by atoms with Gasteiger partial charge >= 0.3 is 0 Å². The molecule has 0 bridgehead atoms. The van der Waals surface area contributed by atoms with E-state index in [2.05, 4.69) is 15.4 Å². The molecule has 0 aliphatic heterocycles. The second-order valence-corrected chi connectivity index (χ2v) is 4.62. The third kappa shape index (κ3) is 2.41. The molecule has 0 amide bonds. The van der Waals surface area contributed by atoms with Gasteiger partial charge in [0.1, 0.15) is 4.99 Å². The highest BCUT2D eigenvalue weighted by molar-refractivity contribution is 7.80. The molecule has 0 saturated carbocycles. The van der Waals surface area contributed by atoms with Crippen molar-refractivity contribution in [1.29, 1.82) is 0 Å². The van der Waals surface area contributed by atoms with Crippen molar-refractivity contribution in [2.75, 3.05) is 0 Å². The van der Waals surface area contributed by atoms with Gasteiger partial charge in [-0.05, 0) is 29.5 Å². The minimum Gasteiger partial charge on any atom is -0.389 e. The maximum absolute atomic E-state index is 5.56. The van der Waals surface area contributed by atoms with Gasteiger partial charge in [0.05, 0.1) is 5.69 Å². The second-order valence-electron chi connectivity index (χ2n) is 4.18. The van der Waals surface area contributed by atoms with E-state index >= 15 is 0 Å². The molecule has 0 saturated heterocycles. The number of thiocarbonyl (C=S) groups is 1. The van der Waals surface area contributed by atoms with Crippen molar-refractivity contribution in [3.8, 4) is 17.1 Å². The molecule has 3 aromatic rings. The van der Waals surface area contributed by atoms with E-state index in [0.29, 0.717) is 10.8 Å². The van der Waals surface area contributed by atoms with E-state index in [1.807, 2.05) is 54.6 Å². The Bertz CT molecular complexity index is 734. The number of hydrogen-bond acceptors (Lipinski definition) is 4. The van der Waals surface area contributed by atoms with E-state index in [-0.39, 0.29) is 0 Å². The van der Waals surface area contributed by atoms with E-state index in [1.165, 1.54) is 4.80 Å². The van der Waals surface area contributed by atoms with Crippen LogP contribution in [0.15, 0.2) is 54.6 Å². The lowest BCUT2D eigenvalue weighted by Gasteiger charge is -2.00. The fraction of sp³-hybridized carbons (Fsp3) is 0. The molecule has 20 heavy (non-hydrogen) atoms. The summed E-state index contributed by atoms with van der Waals surface area (Å²) in [6.45, 7) is 0. The molecular weight excluding hydrogens is 270 g/mol. The molecule has 0 spiro atoms. The van der Waals surface area contributed by atoms with E-state index < -0.39 is 0 Å². The third-order valence-electron chi connectivity index (χ3n) is 2.83. The van der Waals surface area contributed by atoms with Gasteiger partial charge in [-0.15, -0.1) is 15.0 Å². The van der Waals surface area contributed by atoms with Gasteiger partial charge in [0, 0.05) is 11.1 Å². The van der Waals surface area contributed by atoms with Crippen LogP contribution in [0.2, 0.25) is 0 Å². The zero-order chi connectivity index (χ0) is 13.9. The molecule has 1 aromatic heterocycles. The van der Waals surface area contributed by atoms with Crippen molar-refractivity contribution in [3.63, 3.8) is 0 Å². The van der Waals surface area contributed by atoms with Gasteiger partial charge in [0.25, 0.3) is 0 Å². The quantitative estimate of drug-likeness (QED) is 0.743. The Hall–Kier alpha value is -2.60. The first-order chi connectivity index (χ1) is 9.74. The van der Waals surface area contributed by atoms with E-state index in [9.17, 15) is 0 Å². The first-order valence-electron chi connectivity index (χ1n) is 6.00. The minimum atomic E-state index is 0.369. The van der Waals surface area contributed by atoms with Gasteiger partial charge in [-0.3, -0.25) is 0 Å². The van der Waals surface area contributed by atoms with Crippen LogP contribution in [-0.2, 0) is 0 Å². The number of nitrogens with two attached hydrogens (primary N) is 1. The summed E-state index contributed by atoms with van der Waals surface area (Å²) in [5, 5.41) is 12.5. The molecule has 0 radical (unpaired) electrons. The molecule has 1 heterocycles.